The summed E-state index contributed by atoms with van der Waals surface area (Å²) in [6, 6.07) is 7.90. The first-order valence-electron chi connectivity index (χ1n) is 7.04. The number of hydrogen-bond donors (Lipinski definition) is 1. The molecular weight excluding hydrogens is 250 g/mol. The number of piperidine rings is 1. The summed E-state index contributed by atoms with van der Waals surface area (Å²) < 4.78 is 5.24. The van der Waals surface area contributed by atoms with Crippen molar-refractivity contribution in [1.29, 1.82) is 0 Å². The van der Waals surface area contributed by atoms with Crippen molar-refractivity contribution in [2.75, 3.05) is 20.2 Å². The number of benzene rings is 1. The second-order valence-electron chi connectivity index (χ2n) is 5.08. The number of nitrogens with zero attached hydrogens (tertiary/aromatic N) is 2. The van der Waals surface area contributed by atoms with E-state index in [0.29, 0.717) is 5.92 Å². The van der Waals surface area contributed by atoms with Gasteiger partial charge in [-0.3, -0.25) is 9.97 Å². The van der Waals surface area contributed by atoms with Crippen molar-refractivity contribution in [3.63, 3.8) is 0 Å². The molecule has 2 aromatic rings. The van der Waals surface area contributed by atoms with Crippen LogP contribution in [0.15, 0.2) is 36.7 Å². The van der Waals surface area contributed by atoms with Gasteiger partial charge in [0.1, 0.15) is 5.75 Å². The number of nitrogens with one attached hydrogen (secondary N) is 1. The van der Waals surface area contributed by atoms with Crippen LogP contribution in [0.5, 0.6) is 5.75 Å². The molecule has 1 saturated heterocycles. The van der Waals surface area contributed by atoms with Crippen molar-refractivity contribution in [2.24, 2.45) is 0 Å². The predicted octanol–water partition coefficient (Wildman–Crippen LogP) is 2.62. The minimum absolute atomic E-state index is 0.545. The van der Waals surface area contributed by atoms with E-state index in [-0.39, 0.29) is 0 Å². The quantitative estimate of drug-likeness (QED) is 0.930. The zero-order valence-electron chi connectivity index (χ0n) is 11.7. The summed E-state index contributed by atoms with van der Waals surface area (Å²) in [5.74, 6) is 1.38. The number of hydrogen-bond acceptors (Lipinski definition) is 4. The molecule has 0 bridgehead atoms. The van der Waals surface area contributed by atoms with Gasteiger partial charge in [-0.15, -0.1) is 0 Å². The fraction of sp³-hybridized carbons (Fsp3) is 0.375. The van der Waals surface area contributed by atoms with Crippen molar-refractivity contribution in [1.82, 2.24) is 15.3 Å². The van der Waals surface area contributed by atoms with Crippen LogP contribution in [0.2, 0.25) is 0 Å². The molecule has 0 unspecified atom stereocenters. The van der Waals surface area contributed by atoms with E-state index in [1.54, 1.807) is 7.11 Å². The summed E-state index contributed by atoms with van der Waals surface area (Å²) >= 11 is 0. The maximum Gasteiger partial charge on any atom is 0.119 e. The van der Waals surface area contributed by atoms with E-state index in [4.69, 9.17) is 4.74 Å². The highest BCUT2D eigenvalue weighted by Crippen LogP contribution is 2.25. The molecule has 4 heteroatoms. The third kappa shape index (κ3) is 2.80. The van der Waals surface area contributed by atoms with Gasteiger partial charge in [0.2, 0.25) is 0 Å². The Labute approximate surface area is 119 Å². The maximum atomic E-state index is 5.24. The number of rotatable bonds is 3. The average Bonchev–Trinajstić information content (AvgIpc) is 2.56. The zero-order chi connectivity index (χ0) is 13.8. The Morgan fingerprint density at radius 3 is 2.70 bits per heavy atom. The lowest BCUT2D eigenvalue weighted by Crippen LogP contribution is -2.27. The van der Waals surface area contributed by atoms with E-state index >= 15 is 0 Å². The van der Waals surface area contributed by atoms with Crippen molar-refractivity contribution >= 4 is 0 Å². The fourth-order valence-corrected chi connectivity index (χ4v) is 2.60. The molecular formula is C16H19N3O. The molecule has 1 aromatic heterocycles. The third-order valence-corrected chi connectivity index (χ3v) is 3.79. The monoisotopic (exact) mass is 269 g/mol. The highest BCUT2D eigenvalue weighted by molar-refractivity contribution is 5.60. The van der Waals surface area contributed by atoms with Crippen LogP contribution < -0.4 is 10.1 Å². The maximum absolute atomic E-state index is 5.24. The normalized spacial score (nSPS) is 16.1. The molecule has 0 amide bonds. The van der Waals surface area contributed by atoms with E-state index in [9.17, 15) is 0 Å². The Balaban J connectivity index is 1.81. The molecule has 1 N–H and O–H groups in total. The summed E-state index contributed by atoms with van der Waals surface area (Å²) in [6.07, 6.45) is 6.08. The van der Waals surface area contributed by atoms with Gasteiger partial charge in [0.25, 0.3) is 0 Å². The van der Waals surface area contributed by atoms with Gasteiger partial charge in [0.05, 0.1) is 24.7 Å². The molecule has 0 spiro atoms. The largest absolute Gasteiger partial charge is 0.497 e. The molecule has 0 saturated carbocycles. The summed E-state index contributed by atoms with van der Waals surface area (Å²) in [4.78, 5) is 9.16. The molecule has 1 aromatic carbocycles. The molecule has 3 rings (SSSR count). The van der Waals surface area contributed by atoms with Crippen LogP contribution in [-0.4, -0.2) is 30.2 Å². The van der Waals surface area contributed by atoms with Gasteiger partial charge in [0.15, 0.2) is 0 Å². The van der Waals surface area contributed by atoms with Crippen LogP contribution >= 0.6 is 0 Å². The van der Waals surface area contributed by atoms with Crippen molar-refractivity contribution in [2.45, 2.75) is 18.8 Å². The molecule has 1 fully saturated rings. The van der Waals surface area contributed by atoms with Gasteiger partial charge in [-0.1, -0.05) is 12.1 Å². The molecule has 2 heterocycles. The smallest absolute Gasteiger partial charge is 0.119 e. The first kappa shape index (κ1) is 13.1. The van der Waals surface area contributed by atoms with Gasteiger partial charge in [-0.2, -0.15) is 0 Å². The highest BCUT2D eigenvalue weighted by Gasteiger charge is 2.16. The van der Waals surface area contributed by atoms with Crippen LogP contribution in [0, 0.1) is 0 Å². The minimum Gasteiger partial charge on any atom is -0.497 e. The lowest BCUT2D eigenvalue weighted by molar-refractivity contribution is 0.415. The number of aromatic nitrogens is 2. The van der Waals surface area contributed by atoms with Crippen molar-refractivity contribution in [3.05, 3.63) is 42.4 Å². The Morgan fingerprint density at radius 1 is 1.15 bits per heavy atom. The summed E-state index contributed by atoms with van der Waals surface area (Å²) in [5.41, 5.74) is 3.04. The second kappa shape index (κ2) is 6.01. The molecule has 1 aliphatic heterocycles. The van der Waals surface area contributed by atoms with E-state index in [1.807, 2.05) is 36.7 Å². The molecule has 0 aliphatic carbocycles. The fourth-order valence-electron chi connectivity index (χ4n) is 2.60. The van der Waals surface area contributed by atoms with Crippen molar-refractivity contribution < 1.29 is 4.74 Å². The van der Waals surface area contributed by atoms with Crippen LogP contribution in [0.1, 0.15) is 24.5 Å². The highest BCUT2D eigenvalue weighted by atomic mass is 16.5. The Kier molecular flexibility index (Phi) is 3.92. The molecule has 0 atom stereocenters. The molecule has 20 heavy (non-hydrogen) atoms. The standard InChI is InChI=1S/C16H19N3O/c1-20-14-4-2-3-13(9-14)16-11-18-15(10-19-16)12-5-7-17-8-6-12/h2-4,9-12,17H,5-8H2,1H3. The SMILES string of the molecule is COc1cccc(-c2cnc(C3CCNCC3)cn2)c1. The van der Waals surface area contributed by atoms with Gasteiger partial charge in [-0.25, -0.2) is 0 Å². The molecule has 4 nitrogen and oxygen atoms in total. The number of methoxy groups -OCH3 is 1. The summed E-state index contributed by atoms with van der Waals surface area (Å²) in [7, 11) is 1.67. The first-order chi connectivity index (χ1) is 9.86. The van der Waals surface area contributed by atoms with E-state index < -0.39 is 0 Å². The van der Waals surface area contributed by atoms with Gasteiger partial charge < -0.3 is 10.1 Å². The zero-order valence-corrected chi connectivity index (χ0v) is 11.7. The van der Waals surface area contributed by atoms with Crippen LogP contribution in [-0.2, 0) is 0 Å². The third-order valence-electron chi connectivity index (χ3n) is 3.79. The van der Waals surface area contributed by atoms with E-state index in [2.05, 4.69) is 15.3 Å². The number of ether oxygens (including phenoxy) is 1. The molecule has 0 radical (unpaired) electrons. The first-order valence-corrected chi connectivity index (χ1v) is 7.04. The van der Waals surface area contributed by atoms with E-state index in [1.165, 1.54) is 0 Å². The second-order valence-corrected chi connectivity index (χ2v) is 5.08. The summed E-state index contributed by atoms with van der Waals surface area (Å²) in [6.45, 7) is 2.15. The lowest BCUT2D eigenvalue weighted by Gasteiger charge is -2.21. The topological polar surface area (TPSA) is 47.0 Å². The van der Waals surface area contributed by atoms with Crippen LogP contribution in [0.4, 0.5) is 0 Å². The predicted molar refractivity (Wildman–Crippen MR) is 78.9 cm³/mol. The molecule has 1 aliphatic rings. The Morgan fingerprint density at radius 2 is 2.00 bits per heavy atom. The van der Waals surface area contributed by atoms with Gasteiger partial charge in [0, 0.05) is 17.7 Å². The van der Waals surface area contributed by atoms with Crippen molar-refractivity contribution in [3.8, 4) is 17.0 Å². The molecule has 104 valence electrons. The minimum atomic E-state index is 0.545. The van der Waals surface area contributed by atoms with Gasteiger partial charge in [-0.05, 0) is 38.1 Å². The van der Waals surface area contributed by atoms with E-state index in [0.717, 1.165) is 48.6 Å². The Bertz CT molecular complexity index is 562. The summed E-state index contributed by atoms with van der Waals surface area (Å²) in [5, 5.41) is 3.37. The van der Waals surface area contributed by atoms with Crippen LogP contribution in [0.3, 0.4) is 0 Å². The average molecular weight is 269 g/mol. The van der Waals surface area contributed by atoms with Crippen LogP contribution in [0.25, 0.3) is 11.3 Å². The van der Waals surface area contributed by atoms with Gasteiger partial charge >= 0.3 is 0 Å². The lowest BCUT2D eigenvalue weighted by atomic mass is 9.95. The Hall–Kier alpha value is -1.94.